The molecule has 6 heteroatoms. The molecule has 0 aliphatic rings. The van der Waals surface area contributed by atoms with E-state index < -0.39 is 10.0 Å². The molecule has 0 radical (unpaired) electrons. The molecule has 0 heterocycles. The Balaban J connectivity index is 2.36. The summed E-state index contributed by atoms with van der Waals surface area (Å²) in [4.78, 5) is 0.137. The number of hydrogen-bond donors (Lipinski definition) is 2. The molecule has 0 bridgehead atoms. The number of benzene rings is 2. The van der Waals surface area contributed by atoms with Crippen LogP contribution in [0.5, 0.6) is 0 Å². The summed E-state index contributed by atoms with van der Waals surface area (Å²) < 4.78 is 27.8. The van der Waals surface area contributed by atoms with Crippen LogP contribution in [-0.4, -0.2) is 13.5 Å². The summed E-state index contributed by atoms with van der Waals surface area (Å²) in [5.41, 5.74) is 3.29. The van der Waals surface area contributed by atoms with Gasteiger partial charge < -0.3 is 5.11 Å². The van der Waals surface area contributed by atoms with Crippen molar-refractivity contribution in [3.8, 4) is 0 Å². The molecule has 0 saturated carbocycles. The zero-order valence-corrected chi connectivity index (χ0v) is 14.1. The number of sulfonamides is 1. The summed E-state index contributed by atoms with van der Waals surface area (Å²) in [6.45, 7) is 3.76. The highest BCUT2D eigenvalue weighted by Gasteiger charge is 2.18. The van der Waals surface area contributed by atoms with Crippen LogP contribution in [0.15, 0.2) is 45.8 Å². The van der Waals surface area contributed by atoms with E-state index in [-0.39, 0.29) is 11.5 Å². The Morgan fingerprint density at radius 2 is 1.81 bits per heavy atom. The van der Waals surface area contributed by atoms with Crippen molar-refractivity contribution >= 4 is 31.6 Å². The molecule has 0 aliphatic carbocycles. The molecule has 0 unspecified atom stereocenters. The van der Waals surface area contributed by atoms with Crippen LogP contribution in [0.3, 0.4) is 0 Å². The van der Waals surface area contributed by atoms with Crippen molar-refractivity contribution in [1.29, 1.82) is 0 Å². The molecular formula is C15H16BrNO3S. The summed E-state index contributed by atoms with van der Waals surface area (Å²) in [5, 5.41) is 9.06. The van der Waals surface area contributed by atoms with Gasteiger partial charge in [0, 0.05) is 10.2 Å². The lowest BCUT2D eigenvalue weighted by atomic mass is 10.1. The van der Waals surface area contributed by atoms with E-state index in [1.807, 2.05) is 19.9 Å². The van der Waals surface area contributed by atoms with Crippen molar-refractivity contribution in [1.82, 2.24) is 0 Å². The first-order valence-electron chi connectivity index (χ1n) is 6.33. The molecule has 2 aromatic rings. The van der Waals surface area contributed by atoms with Crippen molar-refractivity contribution < 1.29 is 13.5 Å². The SMILES string of the molecule is Cc1ccc(NS(=O)(=O)c2ccc(CO)cc2Br)cc1C. The lowest BCUT2D eigenvalue weighted by molar-refractivity contribution is 0.281. The van der Waals surface area contributed by atoms with Crippen LogP contribution in [0.1, 0.15) is 16.7 Å². The second-order valence-electron chi connectivity index (χ2n) is 4.83. The first-order valence-corrected chi connectivity index (χ1v) is 8.60. The number of rotatable bonds is 4. The number of halogens is 1. The van der Waals surface area contributed by atoms with Crippen LogP contribution in [0.4, 0.5) is 5.69 Å². The second-order valence-corrected chi connectivity index (χ2v) is 7.33. The van der Waals surface area contributed by atoms with Crippen molar-refractivity contribution in [2.45, 2.75) is 25.3 Å². The quantitative estimate of drug-likeness (QED) is 0.867. The maximum atomic E-state index is 12.4. The Hall–Kier alpha value is -1.37. The molecule has 0 atom stereocenters. The van der Waals surface area contributed by atoms with Gasteiger partial charge in [0.15, 0.2) is 0 Å². The van der Waals surface area contributed by atoms with E-state index in [2.05, 4.69) is 20.7 Å². The minimum atomic E-state index is -3.68. The summed E-state index contributed by atoms with van der Waals surface area (Å²) >= 11 is 3.23. The first kappa shape index (κ1) is 16.0. The fourth-order valence-electron chi connectivity index (χ4n) is 1.88. The van der Waals surface area contributed by atoms with Crippen LogP contribution < -0.4 is 4.72 Å². The predicted molar refractivity (Wildman–Crippen MR) is 86.8 cm³/mol. The van der Waals surface area contributed by atoms with E-state index in [0.717, 1.165) is 11.1 Å². The van der Waals surface area contributed by atoms with Gasteiger partial charge in [-0.2, -0.15) is 0 Å². The maximum Gasteiger partial charge on any atom is 0.263 e. The van der Waals surface area contributed by atoms with E-state index in [4.69, 9.17) is 5.11 Å². The van der Waals surface area contributed by atoms with Crippen LogP contribution >= 0.6 is 15.9 Å². The first-order chi connectivity index (χ1) is 9.83. The van der Waals surface area contributed by atoms with Crippen LogP contribution in [-0.2, 0) is 16.6 Å². The summed E-state index contributed by atoms with van der Waals surface area (Å²) in [7, 11) is -3.68. The molecule has 4 nitrogen and oxygen atoms in total. The second kappa shape index (κ2) is 6.17. The van der Waals surface area contributed by atoms with Crippen LogP contribution in [0, 0.1) is 13.8 Å². The van der Waals surface area contributed by atoms with Gasteiger partial charge in [0.1, 0.15) is 4.90 Å². The van der Waals surface area contributed by atoms with Crippen molar-refractivity contribution in [3.05, 3.63) is 57.6 Å². The number of aliphatic hydroxyl groups is 1. The van der Waals surface area contributed by atoms with Gasteiger partial charge in [0.05, 0.1) is 6.61 Å². The Morgan fingerprint density at radius 3 is 2.38 bits per heavy atom. The van der Waals surface area contributed by atoms with E-state index in [9.17, 15) is 8.42 Å². The minimum absolute atomic E-state index is 0.135. The molecule has 2 rings (SSSR count). The number of anilines is 1. The number of nitrogens with one attached hydrogen (secondary N) is 1. The van der Waals surface area contributed by atoms with Crippen molar-refractivity contribution in [2.24, 2.45) is 0 Å². The lowest BCUT2D eigenvalue weighted by Crippen LogP contribution is -2.14. The van der Waals surface area contributed by atoms with E-state index in [1.54, 1.807) is 24.3 Å². The fraction of sp³-hybridized carbons (Fsp3) is 0.200. The number of hydrogen-bond acceptors (Lipinski definition) is 3. The van der Waals surface area contributed by atoms with Crippen molar-refractivity contribution in [2.75, 3.05) is 4.72 Å². The monoisotopic (exact) mass is 369 g/mol. The fourth-order valence-corrected chi connectivity index (χ4v) is 4.05. The van der Waals surface area contributed by atoms with Crippen molar-refractivity contribution in [3.63, 3.8) is 0 Å². The van der Waals surface area contributed by atoms with Gasteiger partial charge in [-0.05, 0) is 70.7 Å². The van der Waals surface area contributed by atoms with Gasteiger partial charge in [0.2, 0.25) is 0 Å². The molecule has 0 aromatic heterocycles. The summed E-state index contributed by atoms with van der Waals surface area (Å²) in [6.07, 6.45) is 0. The predicted octanol–water partition coefficient (Wildman–Crippen LogP) is 3.36. The highest BCUT2D eigenvalue weighted by atomic mass is 79.9. The molecule has 2 aromatic carbocycles. The maximum absolute atomic E-state index is 12.4. The average molecular weight is 370 g/mol. The highest BCUT2D eigenvalue weighted by Crippen LogP contribution is 2.26. The molecule has 0 spiro atoms. The number of aliphatic hydroxyl groups excluding tert-OH is 1. The molecule has 0 saturated heterocycles. The van der Waals surface area contributed by atoms with Gasteiger partial charge in [-0.3, -0.25) is 4.72 Å². The van der Waals surface area contributed by atoms with Gasteiger partial charge in [0.25, 0.3) is 10.0 Å². The van der Waals surface area contributed by atoms with Gasteiger partial charge in [-0.15, -0.1) is 0 Å². The van der Waals surface area contributed by atoms with Gasteiger partial charge >= 0.3 is 0 Å². The average Bonchev–Trinajstić information content (AvgIpc) is 2.42. The van der Waals surface area contributed by atoms with E-state index in [1.165, 1.54) is 6.07 Å². The zero-order valence-electron chi connectivity index (χ0n) is 11.7. The standard InChI is InChI=1S/C15H16BrNO3S/c1-10-3-5-13(7-11(10)2)17-21(19,20)15-6-4-12(9-18)8-14(15)16/h3-8,17-18H,9H2,1-2H3. The van der Waals surface area contributed by atoms with Crippen LogP contribution in [0.2, 0.25) is 0 Å². The van der Waals surface area contributed by atoms with Gasteiger partial charge in [-0.1, -0.05) is 12.1 Å². The Morgan fingerprint density at radius 1 is 1.10 bits per heavy atom. The Bertz CT molecular complexity index is 772. The number of aryl methyl sites for hydroxylation is 2. The minimum Gasteiger partial charge on any atom is -0.392 e. The topological polar surface area (TPSA) is 66.4 Å². The largest absolute Gasteiger partial charge is 0.392 e. The smallest absolute Gasteiger partial charge is 0.263 e. The summed E-state index contributed by atoms with van der Waals surface area (Å²) in [5.74, 6) is 0. The van der Waals surface area contributed by atoms with Gasteiger partial charge in [-0.25, -0.2) is 8.42 Å². The summed E-state index contributed by atoms with van der Waals surface area (Å²) in [6, 6.07) is 10.0. The molecule has 0 aliphatic heterocycles. The Kier molecular flexibility index (Phi) is 4.70. The lowest BCUT2D eigenvalue weighted by Gasteiger charge is -2.11. The third-order valence-corrected chi connectivity index (χ3v) is 5.59. The third kappa shape index (κ3) is 3.64. The zero-order chi connectivity index (χ0) is 15.6. The normalized spacial score (nSPS) is 11.4. The van der Waals surface area contributed by atoms with Crippen LogP contribution in [0.25, 0.3) is 0 Å². The highest BCUT2D eigenvalue weighted by molar-refractivity contribution is 9.10. The molecule has 0 amide bonds. The molecule has 112 valence electrons. The van der Waals surface area contributed by atoms with E-state index in [0.29, 0.717) is 15.7 Å². The molecule has 0 fully saturated rings. The van der Waals surface area contributed by atoms with E-state index >= 15 is 0 Å². The molecule has 2 N–H and O–H groups in total. The molecular weight excluding hydrogens is 354 g/mol. The Labute approximate surface area is 133 Å². The third-order valence-electron chi connectivity index (χ3n) is 3.23. The molecule has 21 heavy (non-hydrogen) atoms.